The van der Waals surface area contributed by atoms with E-state index in [4.69, 9.17) is 23.2 Å². The molecule has 0 saturated heterocycles. The summed E-state index contributed by atoms with van der Waals surface area (Å²) in [4.78, 5) is 1.05. The fraction of sp³-hybridized carbons (Fsp3) is 0.286. The average molecular weight is 315 g/mol. The van der Waals surface area contributed by atoms with Gasteiger partial charge in [0.25, 0.3) is 0 Å². The molecule has 2 nitrogen and oxygen atoms in total. The molecule has 1 heterocycles. The van der Waals surface area contributed by atoms with Crippen LogP contribution < -0.4 is 0 Å². The lowest BCUT2D eigenvalue weighted by Gasteiger charge is -2.26. The first kappa shape index (κ1) is 14.6. The molecule has 2 rings (SSSR count). The third kappa shape index (κ3) is 3.04. The van der Waals surface area contributed by atoms with Crippen molar-refractivity contribution in [2.24, 2.45) is 0 Å². The van der Waals surface area contributed by atoms with Gasteiger partial charge in [-0.2, -0.15) is 0 Å². The molecular weight excluding hydrogens is 299 g/mol. The monoisotopic (exact) mass is 314 g/mol. The van der Waals surface area contributed by atoms with Crippen LogP contribution in [-0.2, 0) is 0 Å². The predicted molar refractivity (Wildman–Crippen MR) is 84.7 cm³/mol. The van der Waals surface area contributed by atoms with E-state index in [0.29, 0.717) is 10.0 Å². The summed E-state index contributed by atoms with van der Waals surface area (Å²) in [7, 11) is 4.02. The summed E-state index contributed by atoms with van der Waals surface area (Å²) >= 11 is 14.0. The van der Waals surface area contributed by atoms with Crippen molar-refractivity contribution in [1.82, 2.24) is 10.0 Å². The maximum Gasteiger partial charge on any atom is 0.0556 e. The Morgan fingerprint density at radius 1 is 1.16 bits per heavy atom. The van der Waals surface area contributed by atoms with Gasteiger partial charge in [-0.15, -0.1) is 11.8 Å². The van der Waals surface area contributed by atoms with Crippen LogP contribution in [0.2, 0.25) is 10.0 Å². The third-order valence-electron chi connectivity index (χ3n) is 3.20. The Balaban J connectivity index is 2.10. The highest BCUT2D eigenvalue weighted by Crippen LogP contribution is 2.34. The molecule has 1 aliphatic rings. The molecule has 0 saturated carbocycles. The van der Waals surface area contributed by atoms with E-state index in [2.05, 4.69) is 17.7 Å². The second kappa shape index (κ2) is 5.70. The SMILES string of the molecule is C=C1C=C(CSc2cc(C)c(Cl)cc2Cl)N(C)N1C. The van der Waals surface area contributed by atoms with Crippen molar-refractivity contribution in [2.75, 3.05) is 19.8 Å². The number of hydrogen-bond donors (Lipinski definition) is 0. The zero-order valence-corrected chi connectivity index (χ0v) is 13.5. The van der Waals surface area contributed by atoms with Gasteiger partial charge < -0.3 is 0 Å². The van der Waals surface area contributed by atoms with Crippen LogP contribution in [0, 0.1) is 6.92 Å². The predicted octanol–water partition coefficient (Wildman–Crippen LogP) is 4.58. The van der Waals surface area contributed by atoms with E-state index in [-0.39, 0.29) is 0 Å². The Morgan fingerprint density at radius 3 is 2.42 bits per heavy atom. The summed E-state index contributed by atoms with van der Waals surface area (Å²) in [6, 6.07) is 3.84. The van der Waals surface area contributed by atoms with Crippen molar-refractivity contribution in [3.8, 4) is 0 Å². The molecule has 1 aromatic rings. The first-order valence-electron chi connectivity index (χ1n) is 5.85. The lowest BCUT2D eigenvalue weighted by Crippen LogP contribution is -2.29. The summed E-state index contributed by atoms with van der Waals surface area (Å²) in [5.41, 5.74) is 3.25. The molecule has 0 aromatic heterocycles. The summed E-state index contributed by atoms with van der Waals surface area (Å²) in [6.07, 6.45) is 2.09. The minimum atomic E-state index is 0.703. The molecule has 1 aromatic carbocycles. The van der Waals surface area contributed by atoms with E-state index in [9.17, 15) is 0 Å². The van der Waals surface area contributed by atoms with Crippen molar-refractivity contribution < 1.29 is 0 Å². The quantitative estimate of drug-likeness (QED) is 0.754. The van der Waals surface area contributed by atoms with Crippen LogP contribution in [0.4, 0.5) is 0 Å². The van der Waals surface area contributed by atoms with E-state index >= 15 is 0 Å². The van der Waals surface area contributed by atoms with E-state index in [0.717, 1.165) is 21.9 Å². The molecule has 19 heavy (non-hydrogen) atoms. The van der Waals surface area contributed by atoms with Gasteiger partial charge in [-0.25, -0.2) is 0 Å². The first-order valence-corrected chi connectivity index (χ1v) is 7.59. The van der Waals surface area contributed by atoms with E-state index < -0.39 is 0 Å². The van der Waals surface area contributed by atoms with Crippen molar-refractivity contribution in [3.05, 3.63) is 51.8 Å². The number of halogens is 2. The standard InChI is InChI=1S/C14H16Cl2N2S/c1-9-5-14(13(16)7-12(9)15)19-8-11-6-10(2)17(3)18(11)4/h5-7H,2,8H2,1,3-4H3. The van der Waals surface area contributed by atoms with Gasteiger partial charge in [-0.3, -0.25) is 10.0 Å². The Labute approximate surface area is 128 Å². The van der Waals surface area contributed by atoms with Crippen molar-refractivity contribution >= 4 is 35.0 Å². The fourth-order valence-electron chi connectivity index (χ4n) is 1.79. The number of aryl methyl sites for hydroxylation is 1. The van der Waals surface area contributed by atoms with Gasteiger partial charge in [-0.1, -0.05) is 29.8 Å². The van der Waals surface area contributed by atoms with Crippen LogP contribution in [0.3, 0.4) is 0 Å². The van der Waals surface area contributed by atoms with Crippen LogP contribution in [-0.4, -0.2) is 29.9 Å². The smallest absolute Gasteiger partial charge is 0.0556 e. The molecule has 5 heteroatoms. The molecule has 1 aliphatic heterocycles. The summed E-state index contributed by atoms with van der Waals surface area (Å²) < 4.78 is 0. The second-order valence-electron chi connectivity index (χ2n) is 4.49. The number of hydrogen-bond acceptors (Lipinski definition) is 3. The van der Waals surface area contributed by atoms with E-state index in [1.807, 2.05) is 32.1 Å². The minimum Gasteiger partial charge on any atom is -0.292 e. The zero-order chi connectivity index (χ0) is 14.2. The molecular formula is C14H16Cl2N2S. The molecule has 0 atom stereocenters. The average Bonchev–Trinajstić information content (AvgIpc) is 2.60. The topological polar surface area (TPSA) is 6.48 Å². The molecule has 0 spiro atoms. The summed E-state index contributed by atoms with van der Waals surface area (Å²) in [5, 5.41) is 5.52. The molecule has 102 valence electrons. The van der Waals surface area contributed by atoms with Crippen LogP contribution in [0.5, 0.6) is 0 Å². The van der Waals surface area contributed by atoms with Gasteiger partial charge in [0.05, 0.1) is 10.7 Å². The highest BCUT2D eigenvalue weighted by molar-refractivity contribution is 7.99. The Hall–Kier alpha value is -0.770. The van der Waals surface area contributed by atoms with E-state index in [1.54, 1.807) is 17.8 Å². The van der Waals surface area contributed by atoms with Crippen LogP contribution >= 0.6 is 35.0 Å². The van der Waals surface area contributed by atoms with Crippen LogP contribution in [0.15, 0.2) is 41.1 Å². The third-order valence-corrected chi connectivity index (χ3v) is 5.12. The highest BCUT2D eigenvalue weighted by Gasteiger charge is 2.19. The normalized spacial score (nSPS) is 15.2. The number of thioether (sulfide) groups is 1. The molecule has 0 amide bonds. The van der Waals surface area contributed by atoms with E-state index in [1.165, 1.54) is 5.70 Å². The molecule has 0 radical (unpaired) electrons. The van der Waals surface area contributed by atoms with Gasteiger partial charge in [0.2, 0.25) is 0 Å². The number of rotatable bonds is 3. The number of hydrazine groups is 1. The van der Waals surface area contributed by atoms with Gasteiger partial charge in [0.15, 0.2) is 0 Å². The van der Waals surface area contributed by atoms with Gasteiger partial charge in [-0.05, 0) is 30.7 Å². The number of nitrogens with zero attached hydrogens (tertiary/aromatic N) is 2. The lowest BCUT2D eigenvalue weighted by molar-refractivity contribution is 0.135. The molecule has 0 aliphatic carbocycles. The molecule has 0 fully saturated rings. The molecule has 0 bridgehead atoms. The largest absolute Gasteiger partial charge is 0.292 e. The lowest BCUT2D eigenvalue weighted by atomic mass is 10.2. The fourth-order valence-corrected chi connectivity index (χ4v) is 3.37. The zero-order valence-electron chi connectivity index (χ0n) is 11.2. The number of likely N-dealkylation sites (N-methyl/N-ethyl adjacent to an activating group) is 1. The van der Waals surface area contributed by atoms with Crippen molar-refractivity contribution in [1.29, 1.82) is 0 Å². The maximum atomic E-state index is 6.21. The summed E-state index contributed by atoms with van der Waals surface area (Å²) in [5.74, 6) is 0.848. The highest BCUT2D eigenvalue weighted by atomic mass is 35.5. The van der Waals surface area contributed by atoms with Gasteiger partial charge in [0.1, 0.15) is 0 Å². The Bertz CT molecular complexity index is 555. The number of benzene rings is 1. The van der Waals surface area contributed by atoms with Crippen molar-refractivity contribution in [2.45, 2.75) is 11.8 Å². The van der Waals surface area contributed by atoms with Crippen LogP contribution in [0.1, 0.15) is 5.56 Å². The maximum absolute atomic E-state index is 6.21. The van der Waals surface area contributed by atoms with Gasteiger partial charge >= 0.3 is 0 Å². The van der Waals surface area contributed by atoms with Gasteiger partial charge in [0, 0.05) is 35.5 Å². The Kier molecular flexibility index (Phi) is 4.39. The second-order valence-corrected chi connectivity index (χ2v) is 6.33. The Morgan fingerprint density at radius 2 is 1.84 bits per heavy atom. The van der Waals surface area contributed by atoms with Crippen LogP contribution in [0.25, 0.3) is 0 Å². The summed E-state index contributed by atoms with van der Waals surface area (Å²) in [6.45, 7) is 5.97. The molecule has 0 N–H and O–H groups in total. The minimum absolute atomic E-state index is 0.703. The molecule has 0 unspecified atom stereocenters. The first-order chi connectivity index (χ1) is 8.90. The van der Waals surface area contributed by atoms with Crippen molar-refractivity contribution in [3.63, 3.8) is 0 Å². The number of allylic oxidation sites excluding steroid dienone is 1.